The largest absolute Gasteiger partial charge is 0.301 e. The number of allylic oxidation sites excluding steroid dienone is 4. The summed E-state index contributed by atoms with van der Waals surface area (Å²) in [4.78, 5) is 28.1. The summed E-state index contributed by atoms with van der Waals surface area (Å²) in [5.41, 5.74) is 3.86. The van der Waals surface area contributed by atoms with Crippen LogP contribution in [0, 0.1) is 11.3 Å². The van der Waals surface area contributed by atoms with Gasteiger partial charge in [-0.25, -0.2) is 4.39 Å². The Labute approximate surface area is 153 Å². The van der Waals surface area contributed by atoms with Gasteiger partial charge in [-0.1, -0.05) is 20.8 Å². The number of hydrazine groups is 1. The van der Waals surface area contributed by atoms with Crippen LogP contribution in [0.3, 0.4) is 0 Å². The number of Topliss-reactive ketones (excluding diaryl/α,β-unsaturated/α-hetero) is 1. The number of aldehydes is 1. The van der Waals surface area contributed by atoms with E-state index in [2.05, 4.69) is 26.3 Å². The molecule has 5 nitrogen and oxygen atoms in total. The van der Waals surface area contributed by atoms with E-state index in [1.165, 1.54) is 35.9 Å². The van der Waals surface area contributed by atoms with Crippen molar-refractivity contribution in [2.45, 2.75) is 20.8 Å². The average molecular weight is 406 g/mol. The molecule has 3 rings (SSSR count). The van der Waals surface area contributed by atoms with Crippen molar-refractivity contribution in [3.05, 3.63) is 57.9 Å². The molecule has 0 radical (unpaired) electrons. The number of halogens is 2. The Bertz CT molecular complexity index is 852. The van der Waals surface area contributed by atoms with Crippen molar-refractivity contribution < 1.29 is 14.0 Å². The van der Waals surface area contributed by atoms with E-state index in [4.69, 9.17) is 0 Å². The minimum atomic E-state index is -0.526. The summed E-state index contributed by atoms with van der Waals surface area (Å²) in [6.45, 7) is 5.71. The lowest BCUT2D eigenvalue weighted by Gasteiger charge is -2.34. The molecule has 1 N–H and O–H groups in total. The lowest BCUT2D eigenvalue weighted by Crippen LogP contribution is -2.39. The summed E-state index contributed by atoms with van der Waals surface area (Å²) >= 11 is 3.27. The molecule has 0 saturated heterocycles. The molecule has 1 aromatic rings. The Hall–Kier alpha value is -2.28. The summed E-state index contributed by atoms with van der Waals surface area (Å²) in [5.74, 6) is -1.11. The van der Waals surface area contributed by atoms with Gasteiger partial charge in [0.15, 0.2) is 12.1 Å². The van der Waals surface area contributed by atoms with Crippen LogP contribution in [0.15, 0.2) is 52.3 Å². The molecule has 1 aromatic heterocycles. The van der Waals surface area contributed by atoms with Crippen molar-refractivity contribution in [1.29, 1.82) is 0 Å². The molecule has 0 bridgehead atoms. The number of hydrogen-bond acceptors (Lipinski definition) is 5. The molecule has 1 atom stereocenters. The fourth-order valence-corrected chi connectivity index (χ4v) is 3.26. The fraction of sp³-hybridized carbons (Fsp3) is 0.278. The normalized spacial score (nSPS) is 20.2. The van der Waals surface area contributed by atoms with Crippen LogP contribution in [-0.4, -0.2) is 17.1 Å². The highest BCUT2D eigenvalue weighted by atomic mass is 79.9. The van der Waals surface area contributed by atoms with Gasteiger partial charge >= 0.3 is 0 Å². The smallest absolute Gasteiger partial charge is 0.172 e. The molecule has 1 aliphatic heterocycles. The topological polar surface area (TPSA) is 62.3 Å². The third-order valence-electron chi connectivity index (χ3n) is 4.24. The first-order chi connectivity index (χ1) is 11.7. The third kappa shape index (κ3) is 3.04. The van der Waals surface area contributed by atoms with Crippen LogP contribution in [0.4, 0.5) is 10.1 Å². The van der Waals surface area contributed by atoms with E-state index >= 15 is 0 Å². The number of nitrogens with one attached hydrogen (secondary N) is 1. The Morgan fingerprint density at radius 2 is 2.04 bits per heavy atom. The van der Waals surface area contributed by atoms with E-state index in [9.17, 15) is 14.0 Å². The first-order valence-corrected chi connectivity index (χ1v) is 8.51. The minimum absolute atomic E-state index is 0.129. The summed E-state index contributed by atoms with van der Waals surface area (Å²) in [6, 6.07) is 0. The van der Waals surface area contributed by atoms with E-state index in [1.807, 2.05) is 20.8 Å². The number of pyridine rings is 1. The zero-order valence-corrected chi connectivity index (χ0v) is 15.6. The number of ketones is 1. The van der Waals surface area contributed by atoms with Gasteiger partial charge in [0.2, 0.25) is 0 Å². The zero-order chi connectivity index (χ0) is 18.4. The van der Waals surface area contributed by atoms with Crippen molar-refractivity contribution in [3.63, 3.8) is 0 Å². The number of nitrogens with zero attached hydrogens (tertiary/aromatic N) is 2. The fourth-order valence-electron chi connectivity index (χ4n) is 2.85. The van der Waals surface area contributed by atoms with Crippen LogP contribution < -0.4 is 10.4 Å². The molecule has 0 amide bonds. The Morgan fingerprint density at radius 1 is 1.32 bits per heavy atom. The van der Waals surface area contributed by atoms with Gasteiger partial charge in [0.1, 0.15) is 5.83 Å². The van der Waals surface area contributed by atoms with Crippen molar-refractivity contribution in [3.8, 4) is 0 Å². The molecule has 0 aromatic carbocycles. The van der Waals surface area contributed by atoms with Gasteiger partial charge in [-0.2, -0.15) is 0 Å². The van der Waals surface area contributed by atoms with E-state index in [1.54, 1.807) is 0 Å². The highest BCUT2D eigenvalue weighted by Gasteiger charge is 2.39. The van der Waals surface area contributed by atoms with E-state index in [-0.39, 0.29) is 16.8 Å². The standard InChI is InChI=1S/C18H17BrFN3O2/c1-18(2,3)13-4-15(20)11-8-23(22-5-10(11)17(13)25)16-7-21-6-14(19)12(16)9-24/h4-9,13,22H,1-3H3. The van der Waals surface area contributed by atoms with Crippen LogP contribution in [-0.2, 0) is 4.79 Å². The molecule has 2 heterocycles. The number of fused-ring (bicyclic) bond motifs is 1. The molecule has 7 heteroatoms. The van der Waals surface area contributed by atoms with Gasteiger partial charge in [0, 0.05) is 40.1 Å². The Balaban J connectivity index is 2.05. The van der Waals surface area contributed by atoms with Crippen molar-refractivity contribution in [2.24, 2.45) is 11.3 Å². The van der Waals surface area contributed by atoms with Gasteiger partial charge in [-0.3, -0.25) is 19.6 Å². The number of anilines is 1. The van der Waals surface area contributed by atoms with E-state index in [0.29, 0.717) is 27.6 Å². The molecule has 1 aliphatic carbocycles. The number of hydrogen-bond donors (Lipinski definition) is 1. The number of carbonyl (C=O) groups excluding carboxylic acids is 2. The van der Waals surface area contributed by atoms with E-state index < -0.39 is 11.7 Å². The summed E-state index contributed by atoms with van der Waals surface area (Å²) < 4.78 is 15.2. The predicted octanol–water partition coefficient (Wildman–Crippen LogP) is 3.85. The lowest BCUT2D eigenvalue weighted by atomic mass is 9.72. The molecule has 0 fully saturated rings. The molecule has 2 aliphatic rings. The predicted molar refractivity (Wildman–Crippen MR) is 96.2 cm³/mol. The second kappa shape index (κ2) is 6.22. The second-order valence-electron chi connectivity index (χ2n) is 6.99. The van der Waals surface area contributed by atoms with Crippen LogP contribution in [0.5, 0.6) is 0 Å². The van der Waals surface area contributed by atoms with E-state index in [0.717, 1.165) is 0 Å². The van der Waals surface area contributed by atoms with Crippen molar-refractivity contribution in [2.75, 3.05) is 5.01 Å². The molecule has 25 heavy (non-hydrogen) atoms. The third-order valence-corrected chi connectivity index (χ3v) is 4.87. The molecule has 0 saturated carbocycles. The van der Waals surface area contributed by atoms with Gasteiger partial charge in [0.25, 0.3) is 0 Å². The van der Waals surface area contributed by atoms with Crippen LogP contribution in [0.25, 0.3) is 0 Å². The minimum Gasteiger partial charge on any atom is -0.301 e. The molecular weight excluding hydrogens is 389 g/mol. The summed E-state index contributed by atoms with van der Waals surface area (Å²) in [6.07, 6.45) is 7.99. The maximum Gasteiger partial charge on any atom is 0.172 e. The van der Waals surface area contributed by atoms with Crippen molar-refractivity contribution >= 4 is 33.7 Å². The van der Waals surface area contributed by atoms with Gasteiger partial charge < -0.3 is 5.43 Å². The van der Waals surface area contributed by atoms with Crippen LogP contribution in [0.2, 0.25) is 0 Å². The molecule has 1 unspecified atom stereocenters. The maximum atomic E-state index is 14.7. The average Bonchev–Trinajstić information content (AvgIpc) is 2.56. The maximum absolute atomic E-state index is 14.7. The number of carbonyl (C=O) groups is 2. The van der Waals surface area contributed by atoms with Gasteiger partial charge in [-0.15, -0.1) is 0 Å². The zero-order valence-electron chi connectivity index (χ0n) is 14.0. The molecule has 0 spiro atoms. The summed E-state index contributed by atoms with van der Waals surface area (Å²) in [5, 5.41) is 1.47. The Morgan fingerprint density at radius 3 is 2.68 bits per heavy atom. The number of aromatic nitrogens is 1. The van der Waals surface area contributed by atoms with Crippen LogP contribution >= 0.6 is 15.9 Å². The van der Waals surface area contributed by atoms with Crippen molar-refractivity contribution in [1.82, 2.24) is 10.4 Å². The molecule has 130 valence electrons. The highest BCUT2D eigenvalue weighted by Crippen LogP contribution is 2.40. The lowest BCUT2D eigenvalue weighted by molar-refractivity contribution is -0.120. The first-order valence-electron chi connectivity index (χ1n) is 7.72. The highest BCUT2D eigenvalue weighted by molar-refractivity contribution is 9.10. The van der Waals surface area contributed by atoms with Gasteiger partial charge in [0.05, 0.1) is 17.4 Å². The monoisotopic (exact) mass is 405 g/mol. The van der Waals surface area contributed by atoms with Gasteiger partial charge in [-0.05, 0) is 27.4 Å². The number of rotatable bonds is 2. The first kappa shape index (κ1) is 17.5. The summed E-state index contributed by atoms with van der Waals surface area (Å²) in [7, 11) is 0. The molecular formula is C18H17BrFN3O2. The second-order valence-corrected chi connectivity index (χ2v) is 7.85. The quantitative estimate of drug-likeness (QED) is 0.757. The Kier molecular flexibility index (Phi) is 4.36. The van der Waals surface area contributed by atoms with Crippen LogP contribution in [0.1, 0.15) is 31.1 Å². The SMILES string of the molecule is CC(C)(C)C1C=C(F)C2=CN(c3cncc(Br)c3C=O)NC=C2C1=O.